The van der Waals surface area contributed by atoms with E-state index in [2.05, 4.69) is 0 Å². The van der Waals surface area contributed by atoms with Gasteiger partial charge in [0, 0.05) is 6.42 Å². The number of unbranched alkanes of at least 4 members (excludes halogenated alkanes) is 14. The Morgan fingerprint density at radius 3 is 1.38 bits per heavy atom. The molecule has 0 aliphatic rings. The van der Waals surface area contributed by atoms with E-state index in [4.69, 9.17) is 9.84 Å². The first-order chi connectivity index (χ1) is 12.6. The van der Waals surface area contributed by atoms with Crippen LogP contribution in [0, 0.1) is 5.92 Å². The zero-order chi connectivity index (χ0) is 19.5. The van der Waals surface area contributed by atoms with Crippen LogP contribution in [0.3, 0.4) is 0 Å². The second kappa shape index (κ2) is 18.7. The number of carboxylic acid groups (broad SMARTS) is 1. The molecule has 0 aromatic heterocycles. The minimum Gasteiger partial charge on any atom is -0.481 e. The molecule has 1 atom stereocenters. The Balaban J connectivity index is 3.11. The third kappa shape index (κ3) is 17.8. The number of methoxy groups -OCH3 is 1. The predicted octanol–water partition coefficient (Wildman–Crippen LogP) is 6.51. The molecular weight excluding hydrogens is 328 g/mol. The van der Waals surface area contributed by atoms with Gasteiger partial charge in [0.05, 0.1) is 13.0 Å². The fourth-order valence-corrected chi connectivity index (χ4v) is 3.34. The molecule has 1 unspecified atom stereocenters. The number of carbonyl (C=O) groups is 2. The summed E-state index contributed by atoms with van der Waals surface area (Å²) >= 11 is 0. The van der Waals surface area contributed by atoms with E-state index in [0.29, 0.717) is 6.42 Å². The maximum absolute atomic E-state index is 11.3. The van der Waals surface area contributed by atoms with E-state index in [1.165, 1.54) is 84.2 Å². The fourth-order valence-electron chi connectivity index (χ4n) is 3.34. The predicted molar refractivity (Wildman–Crippen MR) is 107 cm³/mol. The second-order valence-corrected chi connectivity index (χ2v) is 7.66. The number of carboxylic acids is 1. The van der Waals surface area contributed by atoms with Crippen LogP contribution >= 0.6 is 0 Å². The molecule has 0 spiro atoms. The van der Waals surface area contributed by atoms with Crippen molar-refractivity contribution in [3.8, 4) is 0 Å². The van der Waals surface area contributed by atoms with Crippen molar-refractivity contribution in [3.63, 3.8) is 0 Å². The number of hydrogen-bond donors (Lipinski definition) is 1. The van der Waals surface area contributed by atoms with E-state index >= 15 is 0 Å². The lowest BCUT2D eigenvalue weighted by molar-refractivity contribution is -0.145. The SMILES string of the molecule is COC(=O)C(C)CCCCCCCCCCCCCCCCCC(=O)O. The minimum absolute atomic E-state index is 0.0461. The Morgan fingerprint density at radius 1 is 0.692 bits per heavy atom. The summed E-state index contributed by atoms with van der Waals surface area (Å²) in [7, 11) is 1.46. The first-order valence-electron chi connectivity index (χ1n) is 10.9. The van der Waals surface area contributed by atoms with Gasteiger partial charge in [-0.3, -0.25) is 9.59 Å². The molecule has 0 aromatic carbocycles. The van der Waals surface area contributed by atoms with Crippen molar-refractivity contribution in [1.29, 1.82) is 0 Å². The molecule has 4 heteroatoms. The summed E-state index contributed by atoms with van der Waals surface area (Å²) in [6.07, 6.45) is 20.0. The molecule has 0 fully saturated rings. The van der Waals surface area contributed by atoms with Gasteiger partial charge in [-0.25, -0.2) is 0 Å². The maximum Gasteiger partial charge on any atom is 0.308 e. The van der Waals surface area contributed by atoms with E-state index in [9.17, 15) is 9.59 Å². The molecule has 26 heavy (non-hydrogen) atoms. The molecule has 0 heterocycles. The molecular formula is C22H42O4. The molecule has 0 rings (SSSR count). The molecule has 0 bridgehead atoms. The molecule has 0 aromatic rings. The molecule has 0 aliphatic heterocycles. The average molecular weight is 371 g/mol. The molecule has 1 N–H and O–H groups in total. The van der Waals surface area contributed by atoms with Crippen LogP contribution in [0.5, 0.6) is 0 Å². The van der Waals surface area contributed by atoms with Crippen molar-refractivity contribution in [3.05, 3.63) is 0 Å². The van der Waals surface area contributed by atoms with Gasteiger partial charge in [0.15, 0.2) is 0 Å². The molecule has 0 aliphatic carbocycles. The molecule has 0 saturated heterocycles. The van der Waals surface area contributed by atoms with Gasteiger partial charge in [0.1, 0.15) is 0 Å². The monoisotopic (exact) mass is 370 g/mol. The summed E-state index contributed by atoms with van der Waals surface area (Å²) in [4.78, 5) is 21.7. The zero-order valence-corrected chi connectivity index (χ0v) is 17.3. The summed E-state index contributed by atoms with van der Waals surface area (Å²) < 4.78 is 4.74. The smallest absolute Gasteiger partial charge is 0.308 e. The van der Waals surface area contributed by atoms with Crippen LogP contribution < -0.4 is 0 Å². The lowest BCUT2D eigenvalue weighted by atomic mass is 10.0. The van der Waals surface area contributed by atoms with E-state index in [1.54, 1.807) is 0 Å². The van der Waals surface area contributed by atoms with Crippen molar-refractivity contribution in [2.45, 2.75) is 116 Å². The number of rotatable bonds is 19. The van der Waals surface area contributed by atoms with Crippen molar-refractivity contribution in [2.75, 3.05) is 7.11 Å². The van der Waals surface area contributed by atoms with Crippen molar-refractivity contribution in [1.82, 2.24) is 0 Å². The van der Waals surface area contributed by atoms with Crippen molar-refractivity contribution in [2.24, 2.45) is 5.92 Å². The second-order valence-electron chi connectivity index (χ2n) is 7.66. The highest BCUT2D eigenvalue weighted by Crippen LogP contribution is 2.15. The Kier molecular flexibility index (Phi) is 18.0. The quantitative estimate of drug-likeness (QED) is 0.208. The van der Waals surface area contributed by atoms with E-state index in [1.807, 2.05) is 6.92 Å². The van der Waals surface area contributed by atoms with Crippen molar-refractivity contribution < 1.29 is 19.4 Å². The molecule has 4 nitrogen and oxygen atoms in total. The number of aliphatic carboxylic acids is 1. The number of carbonyl (C=O) groups excluding carboxylic acids is 1. The van der Waals surface area contributed by atoms with Crippen LogP contribution in [0.15, 0.2) is 0 Å². The first-order valence-corrected chi connectivity index (χ1v) is 10.9. The summed E-state index contributed by atoms with van der Waals surface area (Å²) in [6, 6.07) is 0. The summed E-state index contributed by atoms with van der Waals surface area (Å²) in [5, 5.41) is 8.56. The standard InChI is InChI=1S/C22H42O4/c1-20(22(25)26-2)18-16-14-12-10-8-6-4-3-5-7-9-11-13-15-17-19-21(23)24/h20H,3-19H2,1-2H3,(H,23,24). The highest BCUT2D eigenvalue weighted by Gasteiger charge is 2.11. The Morgan fingerprint density at radius 2 is 1.04 bits per heavy atom. The van der Waals surface area contributed by atoms with Gasteiger partial charge in [0.25, 0.3) is 0 Å². The number of hydrogen-bond acceptors (Lipinski definition) is 3. The highest BCUT2D eigenvalue weighted by molar-refractivity contribution is 5.71. The van der Waals surface area contributed by atoms with Gasteiger partial charge < -0.3 is 9.84 Å². The van der Waals surface area contributed by atoms with E-state index < -0.39 is 5.97 Å². The van der Waals surface area contributed by atoms with Gasteiger partial charge in [-0.05, 0) is 12.8 Å². The van der Waals surface area contributed by atoms with E-state index in [0.717, 1.165) is 25.7 Å². The van der Waals surface area contributed by atoms with Gasteiger partial charge in [-0.2, -0.15) is 0 Å². The van der Waals surface area contributed by atoms with Crippen LogP contribution in [0.2, 0.25) is 0 Å². The summed E-state index contributed by atoms with van der Waals surface area (Å²) in [5.74, 6) is -0.703. The summed E-state index contributed by atoms with van der Waals surface area (Å²) in [6.45, 7) is 1.95. The first kappa shape index (κ1) is 24.9. The van der Waals surface area contributed by atoms with Gasteiger partial charge in [-0.15, -0.1) is 0 Å². The molecule has 0 radical (unpaired) electrons. The van der Waals surface area contributed by atoms with Gasteiger partial charge in [-0.1, -0.05) is 96.8 Å². The highest BCUT2D eigenvalue weighted by atomic mass is 16.5. The Hall–Kier alpha value is -1.06. The lowest BCUT2D eigenvalue weighted by Gasteiger charge is -2.08. The van der Waals surface area contributed by atoms with Crippen LogP contribution in [0.4, 0.5) is 0 Å². The maximum atomic E-state index is 11.3. The largest absolute Gasteiger partial charge is 0.481 e. The fraction of sp³-hybridized carbons (Fsp3) is 0.909. The zero-order valence-electron chi connectivity index (χ0n) is 17.3. The van der Waals surface area contributed by atoms with E-state index in [-0.39, 0.29) is 11.9 Å². The minimum atomic E-state index is -0.668. The lowest BCUT2D eigenvalue weighted by Crippen LogP contribution is -2.12. The molecule has 154 valence electrons. The Labute approximate surface area is 161 Å². The van der Waals surface area contributed by atoms with Crippen LogP contribution in [0.25, 0.3) is 0 Å². The van der Waals surface area contributed by atoms with Crippen LogP contribution in [-0.2, 0) is 14.3 Å². The third-order valence-corrected chi connectivity index (χ3v) is 5.13. The summed E-state index contributed by atoms with van der Waals surface area (Å²) in [5.41, 5.74) is 0. The average Bonchev–Trinajstić information content (AvgIpc) is 2.63. The third-order valence-electron chi connectivity index (χ3n) is 5.13. The van der Waals surface area contributed by atoms with Gasteiger partial charge in [0.2, 0.25) is 0 Å². The van der Waals surface area contributed by atoms with Crippen molar-refractivity contribution >= 4 is 11.9 Å². The normalized spacial score (nSPS) is 12.1. The topological polar surface area (TPSA) is 63.6 Å². The Bertz CT molecular complexity index is 341. The van der Waals surface area contributed by atoms with Gasteiger partial charge >= 0.3 is 11.9 Å². The molecule has 0 saturated carbocycles. The molecule has 0 amide bonds. The van der Waals surface area contributed by atoms with Crippen LogP contribution in [0.1, 0.15) is 116 Å². The number of ether oxygens (including phenoxy) is 1. The number of esters is 1. The van der Waals surface area contributed by atoms with Crippen LogP contribution in [-0.4, -0.2) is 24.2 Å².